The Morgan fingerprint density at radius 2 is 1.90 bits per heavy atom. The van der Waals surface area contributed by atoms with E-state index in [0.717, 1.165) is 18.8 Å². The number of carboxylic acid groups (broad SMARTS) is 1. The fourth-order valence-electron chi connectivity index (χ4n) is 1.60. The van der Waals surface area contributed by atoms with Crippen LogP contribution >= 0.6 is 0 Å². The molecule has 0 radical (unpaired) electrons. The maximum atomic E-state index is 10.9. The number of hydrogen-bond donors (Lipinski definition) is 3. The number of hydrogen-bond acceptors (Lipinski definition) is 3. The van der Waals surface area contributed by atoms with Gasteiger partial charge in [-0.3, -0.25) is 4.79 Å². The van der Waals surface area contributed by atoms with E-state index in [-0.39, 0.29) is 5.91 Å². The Kier molecular flexibility index (Phi) is 5.71. The minimum absolute atomic E-state index is 0.0196. The largest absolute Gasteiger partial charge is 0.490 e. The summed E-state index contributed by atoms with van der Waals surface area (Å²) in [6, 6.07) is 8.06. The van der Waals surface area contributed by atoms with Gasteiger partial charge in [0.25, 0.3) is 0 Å². The molecule has 8 heteroatoms. The number of alkyl halides is 3. The van der Waals surface area contributed by atoms with Crippen LogP contribution in [0.15, 0.2) is 24.3 Å². The maximum absolute atomic E-state index is 10.9. The molecule has 0 saturated carbocycles. The van der Waals surface area contributed by atoms with E-state index in [1.807, 2.05) is 18.2 Å². The van der Waals surface area contributed by atoms with Gasteiger partial charge in [-0.1, -0.05) is 12.1 Å². The molecule has 1 aliphatic heterocycles. The summed E-state index contributed by atoms with van der Waals surface area (Å²) in [5.41, 5.74) is 2.19. The highest BCUT2D eigenvalue weighted by molar-refractivity contribution is 5.88. The lowest BCUT2D eigenvalue weighted by Gasteiger charge is -2.27. The number of carbonyl (C=O) groups excluding carboxylic acids is 1. The summed E-state index contributed by atoms with van der Waals surface area (Å²) >= 11 is 0. The highest BCUT2D eigenvalue weighted by Gasteiger charge is 2.38. The molecule has 21 heavy (non-hydrogen) atoms. The molecule has 1 saturated heterocycles. The molecule has 5 nitrogen and oxygen atoms in total. The van der Waals surface area contributed by atoms with E-state index in [9.17, 15) is 18.0 Å². The number of benzene rings is 1. The van der Waals surface area contributed by atoms with Gasteiger partial charge in [0.05, 0.1) is 0 Å². The number of halogens is 3. The maximum Gasteiger partial charge on any atom is 0.490 e. The Morgan fingerprint density at radius 3 is 2.29 bits per heavy atom. The van der Waals surface area contributed by atoms with Crippen LogP contribution in [0.3, 0.4) is 0 Å². The number of aliphatic carboxylic acids is 1. The van der Waals surface area contributed by atoms with Gasteiger partial charge in [-0.2, -0.15) is 13.2 Å². The van der Waals surface area contributed by atoms with Crippen molar-refractivity contribution in [2.45, 2.75) is 19.0 Å². The van der Waals surface area contributed by atoms with Crippen molar-refractivity contribution in [3.05, 3.63) is 29.8 Å². The molecule has 2 rings (SSSR count). The third kappa shape index (κ3) is 5.82. The van der Waals surface area contributed by atoms with Crippen molar-refractivity contribution in [3.8, 4) is 0 Å². The number of rotatable bonds is 2. The quantitative estimate of drug-likeness (QED) is 0.780. The molecule has 3 N–H and O–H groups in total. The molecule has 1 fully saturated rings. The van der Waals surface area contributed by atoms with Crippen LogP contribution in [0.4, 0.5) is 18.9 Å². The third-order valence-corrected chi connectivity index (χ3v) is 2.70. The van der Waals surface area contributed by atoms with E-state index in [0.29, 0.717) is 5.92 Å². The van der Waals surface area contributed by atoms with Crippen molar-refractivity contribution < 1.29 is 27.9 Å². The predicted molar refractivity (Wildman–Crippen MR) is 70.0 cm³/mol. The topological polar surface area (TPSA) is 78.4 Å². The van der Waals surface area contributed by atoms with Crippen molar-refractivity contribution in [2.24, 2.45) is 0 Å². The third-order valence-electron chi connectivity index (χ3n) is 2.70. The second-order valence-electron chi connectivity index (χ2n) is 4.46. The zero-order chi connectivity index (χ0) is 16.0. The van der Waals surface area contributed by atoms with Gasteiger partial charge in [0.2, 0.25) is 5.91 Å². The van der Waals surface area contributed by atoms with Gasteiger partial charge in [-0.05, 0) is 17.7 Å². The molecule has 0 unspecified atom stereocenters. The summed E-state index contributed by atoms with van der Waals surface area (Å²) in [5, 5.41) is 13.1. The smallest absolute Gasteiger partial charge is 0.475 e. The van der Waals surface area contributed by atoms with Crippen LogP contribution in [-0.4, -0.2) is 36.2 Å². The molecule has 1 amide bonds. The molecule has 1 aromatic carbocycles. The molecule has 0 aromatic heterocycles. The normalized spacial score (nSPS) is 14.5. The highest BCUT2D eigenvalue weighted by atomic mass is 19.4. The van der Waals surface area contributed by atoms with Gasteiger partial charge < -0.3 is 15.7 Å². The Hall–Kier alpha value is -2.09. The summed E-state index contributed by atoms with van der Waals surface area (Å²) in [6.45, 7) is 3.62. The van der Waals surface area contributed by atoms with Crippen LogP contribution in [0.5, 0.6) is 0 Å². The Morgan fingerprint density at radius 1 is 1.33 bits per heavy atom. The number of anilines is 1. The number of amides is 1. The molecule has 0 bridgehead atoms. The lowest BCUT2D eigenvalue weighted by Crippen LogP contribution is -2.39. The lowest BCUT2D eigenvalue weighted by molar-refractivity contribution is -0.192. The van der Waals surface area contributed by atoms with E-state index >= 15 is 0 Å². The fourth-order valence-corrected chi connectivity index (χ4v) is 1.60. The summed E-state index contributed by atoms with van der Waals surface area (Å²) in [5.74, 6) is -2.16. The first-order valence-electron chi connectivity index (χ1n) is 6.08. The van der Waals surface area contributed by atoms with E-state index in [1.54, 1.807) is 0 Å². The van der Waals surface area contributed by atoms with Gasteiger partial charge >= 0.3 is 12.1 Å². The number of carboxylic acids is 1. The van der Waals surface area contributed by atoms with E-state index in [4.69, 9.17) is 9.90 Å². The standard InChI is InChI=1S/C11H14N2O.C2HF3O2/c1-8(14)13-11-4-2-3-9(5-11)10-6-12-7-10;3-2(4,5)1(6)7/h2-5,10,12H,6-7H2,1H3,(H,13,14);(H,6,7). The monoisotopic (exact) mass is 304 g/mol. The van der Waals surface area contributed by atoms with Crippen molar-refractivity contribution in [2.75, 3.05) is 18.4 Å². The molecule has 1 heterocycles. The van der Waals surface area contributed by atoms with Crippen LogP contribution < -0.4 is 10.6 Å². The van der Waals surface area contributed by atoms with Gasteiger partial charge in [0, 0.05) is 31.6 Å². The average molecular weight is 304 g/mol. The Balaban J connectivity index is 0.000000270. The fraction of sp³-hybridized carbons (Fsp3) is 0.385. The molecular weight excluding hydrogens is 289 g/mol. The number of carbonyl (C=O) groups is 2. The van der Waals surface area contributed by atoms with Gasteiger partial charge in [0.1, 0.15) is 0 Å². The van der Waals surface area contributed by atoms with Crippen molar-refractivity contribution in [3.63, 3.8) is 0 Å². The molecule has 1 aromatic rings. The summed E-state index contributed by atoms with van der Waals surface area (Å²) < 4.78 is 31.7. The van der Waals surface area contributed by atoms with Crippen LogP contribution in [0.2, 0.25) is 0 Å². The van der Waals surface area contributed by atoms with E-state index < -0.39 is 12.1 Å². The summed E-state index contributed by atoms with van der Waals surface area (Å²) in [6.07, 6.45) is -5.08. The van der Waals surface area contributed by atoms with Crippen LogP contribution in [0, 0.1) is 0 Å². The molecule has 116 valence electrons. The Bertz CT molecular complexity index is 514. The molecular formula is C13H15F3N2O3. The molecule has 1 aliphatic rings. The second-order valence-corrected chi connectivity index (χ2v) is 4.46. The highest BCUT2D eigenvalue weighted by Crippen LogP contribution is 2.22. The van der Waals surface area contributed by atoms with Gasteiger partial charge in [0.15, 0.2) is 0 Å². The molecule has 0 spiro atoms. The molecule has 0 aliphatic carbocycles. The van der Waals surface area contributed by atoms with E-state index in [1.165, 1.54) is 12.5 Å². The van der Waals surface area contributed by atoms with Gasteiger partial charge in [-0.15, -0.1) is 0 Å². The minimum atomic E-state index is -5.08. The molecule has 0 atom stereocenters. The second kappa shape index (κ2) is 7.07. The lowest BCUT2D eigenvalue weighted by atomic mass is 9.93. The van der Waals surface area contributed by atoms with Crippen LogP contribution in [0.25, 0.3) is 0 Å². The first-order chi connectivity index (χ1) is 9.70. The first kappa shape index (κ1) is 17.0. The summed E-state index contributed by atoms with van der Waals surface area (Å²) in [4.78, 5) is 19.8. The zero-order valence-corrected chi connectivity index (χ0v) is 11.2. The van der Waals surface area contributed by atoms with E-state index in [2.05, 4.69) is 16.7 Å². The predicted octanol–water partition coefficient (Wildman–Crippen LogP) is 1.97. The van der Waals surface area contributed by atoms with Crippen molar-refractivity contribution >= 4 is 17.6 Å². The van der Waals surface area contributed by atoms with Crippen LogP contribution in [0.1, 0.15) is 18.4 Å². The van der Waals surface area contributed by atoms with Gasteiger partial charge in [-0.25, -0.2) is 4.79 Å². The van der Waals surface area contributed by atoms with Crippen molar-refractivity contribution in [1.82, 2.24) is 5.32 Å². The number of nitrogens with one attached hydrogen (secondary N) is 2. The summed E-state index contributed by atoms with van der Waals surface area (Å²) in [7, 11) is 0. The SMILES string of the molecule is CC(=O)Nc1cccc(C2CNC2)c1.O=C(O)C(F)(F)F. The average Bonchev–Trinajstić information content (AvgIpc) is 2.25. The first-order valence-corrected chi connectivity index (χ1v) is 6.08. The minimum Gasteiger partial charge on any atom is -0.475 e. The van der Waals surface area contributed by atoms with Crippen LogP contribution in [-0.2, 0) is 9.59 Å². The zero-order valence-electron chi connectivity index (χ0n) is 11.2. The Labute approximate surface area is 119 Å². The van der Waals surface area contributed by atoms with Crippen molar-refractivity contribution in [1.29, 1.82) is 0 Å².